The van der Waals surface area contributed by atoms with Crippen molar-refractivity contribution >= 4 is 5.91 Å². The molecule has 1 fully saturated rings. The highest BCUT2D eigenvalue weighted by atomic mass is 16.5. The number of amides is 1. The molecule has 2 aromatic rings. The van der Waals surface area contributed by atoms with Crippen LogP contribution in [0.25, 0.3) is 0 Å². The van der Waals surface area contributed by atoms with E-state index in [1.54, 1.807) is 7.11 Å². The summed E-state index contributed by atoms with van der Waals surface area (Å²) in [5, 5.41) is 0. The number of benzene rings is 1. The van der Waals surface area contributed by atoms with Gasteiger partial charge in [0.2, 0.25) is 0 Å². The monoisotopic (exact) mass is 381 g/mol. The van der Waals surface area contributed by atoms with Crippen LogP contribution in [0.3, 0.4) is 0 Å². The van der Waals surface area contributed by atoms with Crippen molar-refractivity contribution in [3.05, 3.63) is 59.4 Å². The summed E-state index contributed by atoms with van der Waals surface area (Å²) in [6.07, 6.45) is 6.54. The van der Waals surface area contributed by atoms with Gasteiger partial charge in [0.05, 0.1) is 6.61 Å². The molecule has 28 heavy (non-hydrogen) atoms. The number of nitrogens with zero attached hydrogens (tertiary/aromatic N) is 2. The van der Waals surface area contributed by atoms with Gasteiger partial charge >= 0.3 is 0 Å². The number of fused-ring (bicyclic) bond motifs is 1. The third-order valence-electron chi connectivity index (χ3n) is 6.26. The zero-order valence-electron chi connectivity index (χ0n) is 16.8. The van der Waals surface area contributed by atoms with Gasteiger partial charge in [0.1, 0.15) is 5.69 Å². The van der Waals surface area contributed by atoms with Crippen molar-refractivity contribution in [3.63, 3.8) is 0 Å². The molecule has 1 amide bonds. The molecule has 1 aromatic carbocycles. The first-order valence-corrected chi connectivity index (χ1v) is 10.5. The molecule has 1 aliphatic carbocycles. The second-order valence-electron chi connectivity index (χ2n) is 8.16. The number of ether oxygens (including phenoxy) is 1. The Morgan fingerprint density at radius 1 is 1.21 bits per heavy atom. The van der Waals surface area contributed by atoms with Gasteiger partial charge in [0.15, 0.2) is 0 Å². The second kappa shape index (κ2) is 8.93. The average molecular weight is 382 g/mol. The van der Waals surface area contributed by atoms with Crippen molar-refractivity contribution in [1.29, 1.82) is 0 Å². The van der Waals surface area contributed by atoms with E-state index < -0.39 is 0 Å². The smallest absolute Gasteiger partial charge is 0.270 e. The summed E-state index contributed by atoms with van der Waals surface area (Å²) in [6.45, 7) is 4.27. The molecule has 1 N–H and O–H groups in total. The van der Waals surface area contributed by atoms with Crippen molar-refractivity contribution in [3.8, 4) is 0 Å². The number of piperidine rings is 1. The summed E-state index contributed by atoms with van der Waals surface area (Å²) in [5.74, 6) is 0.598. The van der Waals surface area contributed by atoms with Crippen LogP contribution in [0.1, 0.15) is 34.5 Å². The molecular formula is C23H31N3O2. The zero-order chi connectivity index (χ0) is 19.3. The molecule has 5 heteroatoms. The SMILES string of the molecule is COCCN(CC1CCCN(C2Cc3ccccc3C2)C1)C(=O)c1ccc[nH]1. The van der Waals surface area contributed by atoms with Crippen LogP contribution in [0.5, 0.6) is 0 Å². The molecular weight excluding hydrogens is 350 g/mol. The van der Waals surface area contributed by atoms with Gasteiger partial charge in [-0.15, -0.1) is 0 Å². The number of rotatable bonds is 7. The molecule has 150 valence electrons. The van der Waals surface area contributed by atoms with Crippen LogP contribution < -0.4 is 0 Å². The van der Waals surface area contributed by atoms with Gasteiger partial charge in [-0.25, -0.2) is 0 Å². The molecule has 1 aromatic heterocycles. The number of nitrogens with one attached hydrogen (secondary N) is 1. The Morgan fingerprint density at radius 2 is 2.00 bits per heavy atom. The lowest BCUT2D eigenvalue weighted by Gasteiger charge is -2.38. The first-order chi connectivity index (χ1) is 13.7. The van der Waals surface area contributed by atoms with Crippen LogP contribution in [-0.4, -0.2) is 66.6 Å². The zero-order valence-corrected chi connectivity index (χ0v) is 16.8. The van der Waals surface area contributed by atoms with E-state index in [1.165, 1.54) is 30.5 Å². The van der Waals surface area contributed by atoms with E-state index >= 15 is 0 Å². The van der Waals surface area contributed by atoms with Crippen LogP contribution in [0, 0.1) is 5.92 Å². The molecule has 0 radical (unpaired) electrons. The van der Waals surface area contributed by atoms with Crippen molar-refractivity contribution in [2.24, 2.45) is 5.92 Å². The lowest BCUT2D eigenvalue weighted by molar-refractivity contribution is 0.0569. The molecule has 1 atom stereocenters. The van der Waals surface area contributed by atoms with Crippen molar-refractivity contribution < 1.29 is 9.53 Å². The molecule has 5 nitrogen and oxygen atoms in total. The molecule has 1 aliphatic heterocycles. The van der Waals surface area contributed by atoms with E-state index in [9.17, 15) is 4.79 Å². The normalized spacial score (nSPS) is 20.2. The largest absolute Gasteiger partial charge is 0.383 e. The quantitative estimate of drug-likeness (QED) is 0.802. The molecule has 1 unspecified atom stereocenters. The molecule has 2 heterocycles. The summed E-state index contributed by atoms with van der Waals surface area (Å²) >= 11 is 0. The van der Waals surface area contributed by atoms with Crippen LogP contribution >= 0.6 is 0 Å². The predicted molar refractivity (Wildman–Crippen MR) is 111 cm³/mol. The number of aromatic amines is 1. The Kier molecular flexibility index (Phi) is 6.13. The number of hydrogen-bond acceptors (Lipinski definition) is 3. The highest BCUT2D eigenvalue weighted by Gasteiger charge is 2.31. The highest BCUT2D eigenvalue weighted by molar-refractivity contribution is 5.92. The Bertz CT molecular complexity index is 749. The minimum absolute atomic E-state index is 0.0763. The van der Waals surface area contributed by atoms with E-state index in [2.05, 4.69) is 34.1 Å². The minimum Gasteiger partial charge on any atom is -0.383 e. The Hall–Kier alpha value is -2.11. The van der Waals surface area contributed by atoms with Crippen molar-refractivity contribution in [2.45, 2.75) is 31.7 Å². The van der Waals surface area contributed by atoms with Gasteiger partial charge in [0.25, 0.3) is 5.91 Å². The minimum atomic E-state index is 0.0763. The van der Waals surface area contributed by atoms with E-state index in [1.807, 2.05) is 23.2 Å². The van der Waals surface area contributed by atoms with Crippen LogP contribution in [-0.2, 0) is 17.6 Å². The summed E-state index contributed by atoms with van der Waals surface area (Å²) < 4.78 is 5.25. The van der Waals surface area contributed by atoms with Gasteiger partial charge in [-0.05, 0) is 61.4 Å². The topological polar surface area (TPSA) is 48.6 Å². The number of methoxy groups -OCH3 is 1. The fourth-order valence-corrected chi connectivity index (χ4v) is 4.79. The average Bonchev–Trinajstić information content (AvgIpc) is 3.40. The highest BCUT2D eigenvalue weighted by Crippen LogP contribution is 2.29. The fourth-order valence-electron chi connectivity index (χ4n) is 4.79. The summed E-state index contributed by atoms with van der Waals surface area (Å²) in [7, 11) is 1.69. The molecule has 0 bridgehead atoms. The van der Waals surface area contributed by atoms with Gasteiger partial charge in [0, 0.05) is 39.0 Å². The number of carbonyl (C=O) groups excluding carboxylic acids is 1. The molecule has 1 saturated heterocycles. The third kappa shape index (κ3) is 4.31. The van der Waals surface area contributed by atoms with Gasteiger partial charge in [-0.3, -0.25) is 9.69 Å². The maximum Gasteiger partial charge on any atom is 0.270 e. The summed E-state index contributed by atoms with van der Waals surface area (Å²) in [5.41, 5.74) is 3.69. The van der Waals surface area contributed by atoms with Crippen LogP contribution in [0.4, 0.5) is 0 Å². The number of likely N-dealkylation sites (tertiary alicyclic amines) is 1. The first-order valence-electron chi connectivity index (χ1n) is 10.5. The van der Waals surface area contributed by atoms with Gasteiger partial charge in [-0.2, -0.15) is 0 Å². The standard InChI is InChI=1S/C23H31N3O2/c1-28-13-12-26(23(27)22-9-4-10-24-22)17-18-6-5-11-25(16-18)21-14-19-7-2-3-8-20(19)15-21/h2-4,7-10,18,21,24H,5-6,11-17H2,1H3. The Balaban J connectivity index is 1.38. The summed E-state index contributed by atoms with van der Waals surface area (Å²) in [4.78, 5) is 20.6. The molecule has 2 aliphatic rings. The fraction of sp³-hybridized carbons (Fsp3) is 0.522. The van der Waals surface area contributed by atoms with Gasteiger partial charge in [-0.1, -0.05) is 24.3 Å². The van der Waals surface area contributed by atoms with Crippen molar-refractivity contribution in [2.75, 3.05) is 39.9 Å². The maximum absolute atomic E-state index is 12.9. The number of carbonyl (C=O) groups is 1. The Labute approximate surface area is 167 Å². The second-order valence-corrected chi connectivity index (χ2v) is 8.16. The number of H-pyrrole nitrogens is 1. The van der Waals surface area contributed by atoms with E-state index in [0.717, 1.165) is 25.9 Å². The Morgan fingerprint density at radius 3 is 2.68 bits per heavy atom. The molecule has 4 rings (SSSR count). The lowest BCUT2D eigenvalue weighted by atomic mass is 9.95. The van der Waals surface area contributed by atoms with Crippen molar-refractivity contribution in [1.82, 2.24) is 14.8 Å². The predicted octanol–water partition coefficient (Wildman–Crippen LogP) is 2.98. The summed E-state index contributed by atoms with van der Waals surface area (Å²) in [6, 6.07) is 13.2. The van der Waals surface area contributed by atoms with E-state index in [-0.39, 0.29) is 5.91 Å². The number of hydrogen-bond donors (Lipinski definition) is 1. The first kappa shape index (κ1) is 19.2. The number of aromatic nitrogens is 1. The van der Waals surface area contributed by atoms with E-state index in [0.29, 0.717) is 30.8 Å². The molecule has 0 spiro atoms. The van der Waals surface area contributed by atoms with Crippen LogP contribution in [0.2, 0.25) is 0 Å². The third-order valence-corrected chi connectivity index (χ3v) is 6.26. The van der Waals surface area contributed by atoms with Gasteiger partial charge < -0.3 is 14.6 Å². The lowest BCUT2D eigenvalue weighted by Crippen LogP contribution is -2.47. The van der Waals surface area contributed by atoms with Crippen LogP contribution in [0.15, 0.2) is 42.6 Å². The maximum atomic E-state index is 12.9. The van der Waals surface area contributed by atoms with E-state index in [4.69, 9.17) is 4.74 Å². The molecule has 0 saturated carbocycles.